The molecular formula is C18H23FN4O2. The molecule has 1 aromatic carbocycles. The molecular weight excluding hydrogens is 323 g/mol. The smallest absolute Gasteiger partial charge is 0.234 e. The lowest BCUT2D eigenvalue weighted by Gasteiger charge is -2.33. The van der Waals surface area contributed by atoms with Crippen molar-refractivity contribution in [3.8, 4) is 11.3 Å². The van der Waals surface area contributed by atoms with Gasteiger partial charge in [-0.1, -0.05) is 0 Å². The Morgan fingerprint density at radius 3 is 2.56 bits per heavy atom. The Hall–Kier alpha value is -2.25. The van der Waals surface area contributed by atoms with E-state index in [0.717, 1.165) is 31.7 Å². The van der Waals surface area contributed by atoms with Crippen LogP contribution in [0.5, 0.6) is 0 Å². The van der Waals surface area contributed by atoms with Crippen LogP contribution in [-0.2, 0) is 11.3 Å². The molecule has 1 saturated heterocycles. The Balaban J connectivity index is 1.49. The molecule has 0 unspecified atom stereocenters. The second-order valence-electron chi connectivity index (χ2n) is 6.13. The standard InChI is InChI=1S/C18H23FN4O2/c1-2-20-17(24)12-22-7-9-23(10-8-22)13-18-21-11-16(25-18)14-3-5-15(19)6-4-14/h3-6,11H,2,7-10,12-13H2,1H3,(H,20,24). The molecule has 1 aliphatic heterocycles. The van der Waals surface area contributed by atoms with Crippen LogP contribution in [0.3, 0.4) is 0 Å². The zero-order valence-corrected chi connectivity index (χ0v) is 14.4. The van der Waals surface area contributed by atoms with Crippen molar-refractivity contribution in [1.29, 1.82) is 0 Å². The van der Waals surface area contributed by atoms with Crippen LogP contribution < -0.4 is 5.32 Å². The number of hydrogen-bond donors (Lipinski definition) is 1. The summed E-state index contributed by atoms with van der Waals surface area (Å²) in [6, 6.07) is 6.18. The maximum atomic E-state index is 13.0. The molecule has 1 fully saturated rings. The molecule has 1 aliphatic rings. The number of benzene rings is 1. The van der Waals surface area contributed by atoms with Crippen molar-refractivity contribution in [1.82, 2.24) is 20.1 Å². The molecule has 7 heteroatoms. The van der Waals surface area contributed by atoms with Crippen molar-refractivity contribution in [2.45, 2.75) is 13.5 Å². The SMILES string of the molecule is CCNC(=O)CN1CCN(Cc2ncc(-c3ccc(F)cc3)o2)CC1. The van der Waals surface area contributed by atoms with Gasteiger partial charge in [0.05, 0.1) is 19.3 Å². The number of carbonyl (C=O) groups excluding carboxylic acids is 1. The van der Waals surface area contributed by atoms with Crippen LogP contribution in [0, 0.1) is 5.82 Å². The van der Waals surface area contributed by atoms with Crippen LogP contribution in [0.4, 0.5) is 4.39 Å². The number of aromatic nitrogens is 1. The fraction of sp³-hybridized carbons (Fsp3) is 0.444. The number of nitrogens with one attached hydrogen (secondary N) is 1. The number of oxazole rings is 1. The number of hydrogen-bond acceptors (Lipinski definition) is 5. The quantitative estimate of drug-likeness (QED) is 0.863. The number of likely N-dealkylation sites (N-methyl/N-ethyl adjacent to an activating group) is 1. The second-order valence-corrected chi connectivity index (χ2v) is 6.13. The zero-order valence-electron chi connectivity index (χ0n) is 14.4. The monoisotopic (exact) mass is 346 g/mol. The molecule has 0 radical (unpaired) electrons. The number of nitrogens with zero attached hydrogens (tertiary/aromatic N) is 3. The van der Waals surface area contributed by atoms with Crippen molar-refractivity contribution in [3.63, 3.8) is 0 Å². The van der Waals surface area contributed by atoms with Crippen molar-refractivity contribution >= 4 is 5.91 Å². The topological polar surface area (TPSA) is 61.6 Å². The Morgan fingerprint density at radius 2 is 1.88 bits per heavy atom. The summed E-state index contributed by atoms with van der Waals surface area (Å²) in [5, 5.41) is 2.82. The third kappa shape index (κ3) is 4.87. The van der Waals surface area contributed by atoms with Crippen LogP contribution in [-0.4, -0.2) is 60.0 Å². The minimum atomic E-state index is -0.269. The lowest BCUT2D eigenvalue weighted by Crippen LogP contribution is -2.49. The van der Waals surface area contributed by atoms with Crippen LogP contribution in [0.1, 0.15) is 12.8 Å². The van der Waals surface area contributed by atoms with E-state index >= 15 is 0 Å². The van der Waals surface area contributed by atoms with Gasteiger partial charge in [0.1, 0.15) is 5.82 Å². The van der Waals surface area contributed by atoms with E-state index in [2.05, 4.69) is 20.1 Å². The molecule has 2 aromatic rings. The molecule has 0 saturated carbocycles. The predicted molar refractivity (Wildman–Crippen MR) is 92.3 cm³/mol. The molecule has 0 aliphatic carbocycles. The maximum absolute atomic E-state index is 13.0. The minimum Gasteiger partial charge on any atom is -0.439 e. The minimum absolute atomic E-state index is 0.0765. The number of amides is 1. The van der Waals surface area contributed by atoms with E-state index in [9.17, 15) is 9.18 Å². The van der Waals surface area contributed by atoms with Crippen LogP contribution >= 0.6 is 0 Å². The fourth-order valence-corrected chi connectivity index (χ4v) is 2.88. The molecule has 25 heavy (non-hydrogen) atoms. The first-order valence-electron chi connectivity index (χ1n) is 8.56. The van der Waals surface area contributed by atoms with Gasteiger partial charge in [0.2, 0.25) is 11.8 Å². The van der Waals surface area contributed by atoms with Gasteiger partial charge in [-0.25, -0.2) is 9.37 Å². The van der Waals surface area contributed by atoms with Gasteiger partial charge in [-0.2, -0.15) is 0 Å². The highest BCUT2D eigenvalue weighted by molar-refractivity contribution is 5.77. The lowest BCUT2D eigenvalue weighted by atomic mass is 10.2. The zero-order chi connectivity index (χ0) is 17.6. The molecule has 1 N–H and O–H groups in total. The molecule has 134 valence electrons. The van der Waals surface area contributed by atoms with E-state index in [1.54, 1.807) is 18.3 Å². The molecule has 3 rings (SSSR count). The van der Waals surface area contributed by atoms with Gasteiger partial charge < -0.3 is 9.73 Å². The Morgan fingerprint density at radius 1 is 1.20 bits per heavy atom. The van der Waals surface area contributed by atoms with Gasteiger partial charge in [0.25, 0.3) is 0 Å². The summed E-state index contributed by atoms with van der Waals surface area (Å²) in [7, 11) is 0. The van der Waals surface area contributed by atoms with E-state index in [1.165, 1.54) is 12.1 Å². The normalized spacial score (nSPS) is 16.1. The number of carbonyl (C=O) groups is 1. The Kier molecular flexibility index (Phi) is 5.78. The van der Waals surface area contributed by atoms with Gasteiger partial charge in [-0.15, -0.1) is 0 Å². The Bertz CT molecular complexity index is 693. The Labute approximate surface area is 146 Å². The van der Waals surface area contributed by atoms with E-state index < -0.39 is 0 Å². The van der Waals surface area contributed by atoms with E-state index in [-0.39, 0.29) is 11.7 Å². The largest absolute Gasteiger partial charge is 0.439 e. The third-order valence-corrected chi connectivity index (χ3v) is 4.25. The highest BCUT2D eigenvalue weighted by Crippen LogP contribution is 2.21. The summed E-state index contributed by atoms with van der Waals surface area (Å²) in [5.41, 5.74) is 0.812. The van der Waals surface area contributed by atoms with Gasteiger partial charge in [-0.05, 0) is 31.2 Å². The highest BCUT2D eigenvalue weighted by atomic mass is 19.1. The summed E-state index contributed by atoms with van der Waals surface area (Å²) in [4.78, 5) is 20.4. The summed E-state index contributed by atoms with van der Waals surface area (Å²) in [6.45, 7) is 7.12. The summed E-state index contributed by atoms with van der Waals surface area (Å²) >= 11 is 0. The van der Waals surface area contributed by atoms with Gasteiger partial charge >= 0.3 is 0 Å². The van der Waals surface area contributed by atoms with Crippen LogP contribution in [0.15, 0.2) is 34.9 Å². The molecule has 2 heterocycles. The summed E-state index contributed by atoms with van der Waals surface area (Å²) in [5.74, 6) is 1.10. The van der Waals surface area contributed by atoms with Gasteiger partial charge in [-0.3, -0.25) is 14.6 Å². The molecule has 0 bridgehead atoms. The number of halogens is 1. The average Bonchev–Trinajstić information content (AvgIpc) is 3.06. The first-order valence-corrected chi connectivity index (χ1v) is 8.56. The average molecular weight is 346 g/mol. The molecule has 1 aromatic heterocycles. The van der Waals surface area contributed by atoms with Gasteiger partial charge in [0.15, 0.2) is 5.76 Å². The number of rotatable bonds is 6. The van der Waals surface area contributed by atoms with Crippen molar-refractivity contribution in [2.75, 3.05) is 39.3 Å². The molecule has 0 spiro atoms. The van der Waals surface area contributed by atoms with Crippen LogP contribution in [0.25, 0.3) is 11.3 Å². The lowest BCUT2D eigenvalue weighted by molar-refractivity contribution is -0.122. The van der Waals surface area contributed by atoms with Crippen molar-refractivity contribution in [2.24, 2.45) is 0 Å². The second kappa shape index (κ2) is 8.22. The third-order valence-electron chi connectivity index (χ3n) is 4.25. The van der Waals surface area contributed by atoms with Crippen LogP contribution in [0.2, 0.25) is 0 Å². The first kappa shape index (κ1) is 17.6. The van der Waals surface area contributed by atoms with Gasteiger partial charge in [0, 0.05) is 38.3 Å². The predicted octanol–water partition coefficient (Wildman–Crippen LogP) is 1.73. The number of piperazine rings is 1. The van der Waals surface area contributed by atoms with E-state index in [4.69, 9.17) is 4.42 Å². The van der Waals surface area contributed by atoms with Crippen molar-refractivity contribution < 1.29 is 13.6 Å². The molecule has 0 atom stereocenters. The highest BCUT2D eigenvalue weighted by Gasteiger charge is 2.20. The molecule has 1 amide bonds. The maximum Gasteiger partial charge on any atom is 0.234 e. The van der Waals surface area contributed by atoms with Crippen molar-refractivity contribution in [3.05, 3.63) is 42.2 Å². The van der Waals surface area contributed by atoms with E-state index in [0.29, 0.717) is 31.3 Å². The first-order chi connectivity index (χ1) is 12.1. The summed E-state index contributed by atoms with van der Waals surface area (Å²) < 4.78 is 18.8. The summed E-state index contributed by atoms with van der Waals surface area (Å²) in [6.07, 6.45) is 1.67. The van der Waals surface area contributed by atoms with E-state index in [1.807, 2.05) is 6.92 Å². The fourth-order valence-electron chi connectivity index (χ4n) is 2.88. The molecule has 6 nitrogen and oxygen atoms in total.